The van der Waals surface area contributed by atoms with E-state index >= 15 is 0 Å². The molecule has 2 aromatic heterocycles. The second kappa shape index (κ2) is 9.56. The first-order chi connectivity index (χ1) is 15.5. The van der Waals surface area contributed by atoms with Gasteiger partial charge in [0, 0.05) is 49.0 Å². The van der Waals surface area contributed by atoms with Gasteiger partial charge in [-0.3, -0.25) is 9.59 Å². The van der Waals surface area contributed by atoms with Crippen LogP contribution in [0.25, 0.3) is 16.9 Å². The summed E-state index contributed by atoms with van der Waals surface area (Å²) in [6, 6.07) is 9.52. The van der Waals surface area contributed by atoms with E-state index in [0.29, 0.717) is 36.5 Å². The second-order valence-corrected chi connectivity index (χ2v) is 8.05. The Labute approximate surface area is 187 Å². The van der Waals surface area contributed by atoms with Gasteiger partial charge in [-0.25, -0.2) is 0 Å². The van der Waals surface area contributed by atoms with E-state index in [2.05, 4.69) is 15.0 Å². The molecular formula is C24H30N4O4. The molecule has 1 saturated heterocycles. The van der Waals surface area contributed by atoms with Crippen LogP contribution >= 0.6 is 0 Å². The third-order valence-corrected chi connectivity index (χ3v) is 6.11. The predicted molar refractivity (Wildman–Crippen MR) is 122 cm³/mol. The molecule has 3 heterocycles. The molecule has 8 nitrogen and oxygen atoms in total. The van der Waals surface area contributed by atoms with Crippen molar-refractivity contribution in [1.29, 1.82) is 0 Å². The number of rotatable bonds is 8. The zero-order valence-corrected chi connectivity index (χ0v) is 18.9. The normalized spacial score (nSPS) is 15.9. The molecule has 8 heteroatoms. The lowest BCUT2D eigenvalue weighted by molar-refractivity contribution is -0.121. The van der Waals surface area contributed by atoms with E-state index in [1.54, 1.807) is 7.11 Å². The molecule has 3 aromatic rings. The van der Waals surface area contributed by atoms with Crippen molar-refractivity contribution in [1.82, 2.24) is 19.5 Å². The van der Waals surface area contributed by atoms with Gasteiger partial charge in [-0.2, -0.15) is 9.61 Å². The number of hydrogen-bond donors (Lipinski definition) is 1. The quantitative estimate of drug-likeness (QED) is 0.584. The van der Waals surface area contributed by atoms with E-state index in [9.17, 15) is 9.59 Å². The van der Waals surface area contributed by atoms with Gasteiger partial charge in [-0.1, -0.05) is 12.1 Å². The molecule has 32 heavy (non-hydrogen) atoms. The maximum absolute atomic E-state index is 13.3. The number of carbonyl (C=O) groups is 1. The molecule has 1 aromatic carbocycles. The highest BCUT2D eigenvalue weighted by Gasteiger charge is 2.20. The number of fused-ring (bicyclic) bond motifs is 1. The van der Waals surface area contributed by atoms with Gasteiger partial charge in [0.05, 0.1) is 18.9 Å². The number of ether oxygens (including phenoxy) is 2. The summed E-state index contributed by atoms with van der Waals surface area (Å²) in [6.45, 7) is 5.94. The molecule has 1 aliphatic heterocycles. The Hall–Kier alpha value is -3.13. The number of aryl methyl sites for hydroxylation is 1. The molecule has 170 valence electrons. The van der Waals surface area contributed by atoms with E-state index in [1.165, 1.54) is 4.52 Å². The Morgan fingerprint density at radius 3 is 2.88 bits per heavy atom. The highest BCUT2D eigenvalue weighted by atomic mass is 16.5. The molecule has 1 fully saturated rings. The predicted octanol–water partition coefficient (Wildman–Crippen LogP) is 2.73. The van der Waals surface area contributed by atoms with Crippen LogP contribution in [-0.4, -0.2) is 46.5 Å². The number of amides is 1. The Morgan fingerprint density at radius 2 is 2.16 bits per heavy atom. The van der Waals surface area contributed by atoms with Gasteiger partial charge in [0.15, 0.2) is 0 Å². The fourth-order valence-corrected chi connectivity index (χ4v) is 4.37. The van der Waals surface area contributed by atoms with Crippen molar-refractivity contribution in [2.75, 3.05) is 20.3 Å². The van der Waals surface area contributed by atoms with Crippen LogP contribution in [0.4, 0.5) is 0 Å². The zero-order chi connectivity index (χ0) is 22.7. The molecule has 0 spiro atoms. The molecule has 1 atom stereocenters. The average Bonchev–Trinajstić information content (AvgIpc) is 3.48. The standard InChI is InChI=1S/C24H30N4O4/c1-4-27-16(2)18(11-12-22(29)25-15-17-8-7-13-32-17)24(30)28-23(27)14-20(26-28)19-9-5-6-10-21(19)31-3/h5-6,9-10,14,17H,4,7-8,11-13,15H2,1-3H3,(H,25,29)/t17-/m1/s1. The molecule has 0 radical (unpaired) electrons. The molecule has 1 N–H and O–H groups in total. The van der Waals surface area contributed by atoms with Gasteiger partial charge in [-0.15, -0.1) is 0 Å². The Morgan fingerprint density at radius 1 is 1.34 bits per heavy atom. The summed E-state index contributed by atoms with van der Waals surface area (Å²) >= 11 is 0. The molecule has 0 aliphatic carbocycles. The highest BCUT2D eigenvalue weighted by Crippen LogP contribution is 2.29. The first kappa shape index (κ1) is 22.1. The van der Waals surface area contributed by atoms with Crippen molar-refractivity contribution in [2.24, 2.45) is 0 Å². The van der Waals surface area contributed by atoms with Gasteiger partial charge in [0.1, 0.15) is 11.4 Å². The minimum Gasteiger partial charge on any atom is -0.496 e. The third-order valence-electron chi connectivity index (χ3n) is 6.11. The lowest BCUT2D eigenvalue weighted by atomic mass is 10.1. The Bertz CT molecular complexity index is 1170. The monoisotopic (exact) mass is 438 g/mol. The summed E-state index contributed by atoms with van der Waals surface area (Å²) in [7, 11) is 1.62. The molecule has 1 aliphatic rings. The van der Waals surface area contributed by atoms with Crippen LogP contribution in [0.15, 0.2) is 35.1 Å². The number of nitrogens with one attached hydrogen (secondary N) is 1. The van der Waals surface area contributed by atoms with Crippen molar-refractivity contribution in [3.63, 3.8) is 0 Å². The topological polar surface area (TPSA) is 86.9 Å². The number of methoxy groups -OCH3 is 1. The molecule has 1 amide bonds. The zero-order valence-electron chi connectivity index (χ0n) is 18.9. The van der Waals surface area contributed by atoms with E-state index in [4.69, 9.17) is 9.47 Å². The van der Waals surface area contributed by atoms with Crippen molar-refractivity contribution in [3.8, 4) is 17.0 Å². The lowest BCUT2D eigenvalue weighted by Crippen LogP contribution is -2.33. The number of aromatic nitrogens is 3. The number of nitrogens with zero attached hydrogens (tertiary/aromatic N) is 3. The SMILES string of the molecule is CCn1c(C)c(CCC(=O)NC[C@H]2CCCO2)c(=O)n2nc(-c3ccccc3OC)cc12. The van der Waals surface area contributed by atoms with E-state index in [0.717, 1.165) is 36.4 Å². The third kappa shape index (κ3) is 4.27. The van der Waals surface area contributed by atoms with Crippen LogP contribution in [0.3, 0.4) is 0 Å². The maximum atomic E-state index is 13.3. The molecule has 0 unspecified atom stereocenters. The fraction of sp³-hybridized carbons (Fsp3) is 0.458. The Kier molecular flexibility index (Phi) is 6.60. The van der Waals surface area contributed by atoms with Crippen LogP contribution in [0, 0.1) is 6.92 Å². The van der Waals surface area contributed by atoms with Gasteiger partial charge in [0.25, 0.3) is 5.56 Å². The Balaban J connectivity index is 1.62. The van der Waals surface area contributed by atoms with Crippen molar-refractivity contribution in [3.05, 3.63) is 51.9 Å². The van der Waals surface area contributed by atoms with Crippen LogP contribution < -0.4 is 15.6 Å². The van der Waals surface area contributed by atoms with Gasteiger partial charge < -0.3 is 19.4 Å². The number of carbonyl (C=O) groups excluding carboxylic acids is 1. The molecule has 4 rings (SSSR count). The summed E-state index contributed by atoms with van der Waals surface area (Å²) in [6.07, 6.45) is 2.73. The van der Waals surface area contributed by atoms with E-state index in [-0.39, 0.29) is 24.0 Å². The van der Waals surface area contributed by atoms with E-state index < -0.39 is 0 Å². The number of benzene rings is 1. The summed E-state index contributed by atoms with van der Waals surface area (Å²) in [5.74, 6) is 0.629. The smallest absolute Gasteiger partial charge is 0.277 e. The largest absolute Gasteiger partial charge is 0.496 e. The summed E-state index contributed by atoms with van der Waals surface area (Å²) in [5.41, 5.74) is 3.52. The lowest BCUT2D eigenvalue weighted by Gasteiger charge is -2.15. The first-order valence-corrected chi connectivity index (χ1v) is 11.2. The molecule has 0 saturated carbocycles. The van der Waals surface area contributed by atoms with Crippen molar-refractivity contribution >= 4 is 11.6 Å². The van der Waals surface area contributed by atoms with Crippen LogP contribution in [0.2, 0.25) is 0 Å². The van der Waals surface area contributed by atoms with Crippen molar-refractivity contribution < 1.29 is 14.3 Å². The minimum atomic E-state index is -0.185. The fourth-order valence-electron chi connectivity index (χ4n) is 4.37. The summed E-state index contributed by atoms with van der Waals surface area (Å²) < 4.78 is 14.5. The summed E-state index contributed by atoms with van der Waals surface area (Å²) in [4.78, 5) is 25.7. The van der Waals surface area contributed by atoms with Crippen molar-refractivity contribution in [2.45, 2.75) is 52.2 Å². The average molecular weight is 439 g/mol. The summed E-state index contributed by atoms with van der Waals surface area (Å²) in [5, 5.41) is 7.53. The first-order valence-electron chi connectivity index (χ1n) is 11.2. The maximum Gasteiger partial charge on any atom is 0.277 e. The number of hydrogen-bond acceptors (Lipinski definition) is 5. The van der Waals surface area contributed by atoms with Gasteiger partial charge >= 0.3 is 0 Å². The minimum absolute atomic E-state index is 0.0716. The molecular weight excluding hydrogens is 408 g/mol. The van der Waals surface area contributed by atoms with Crippen LogP contribution in [0.1, 0.15) is 37.4 Å². The van der Waals surface area contributed by atoms with Gasteiger partial charge in [-0.05, 0) is 45.2 Å². The second-order valence-electron chi connectivity index (χ2n) is 8.05. The van der Waals surface area contributed by atoms with Crippen LogP contribution in [-0.2, 0) is 22.5 Å². The molecule has 0 bridgehead atoms. The van der Waals surface area contributed by atoms with Crippen LogP contribution in [0.5, 0.6) is 5.75 Å². The number of para-hydroxylation sites is 1. The van der Waals surface area contributed by atoms with Gasteiger partial charge in [0.2, 0.25) is 5.91 Å². The van der Waals surface area contributed by atoms with E-state index in [1.807, 2.05) is 44.2 Å². The highest BCUT2D eigenvalue weighted by molar-refractivity contribution is 5.76.